The Kier molecular flexibility index (Phi) is 12.3. The van der Waals surface area contributed by atoms with Crippen LogP contribution in [0.2, 0.25) is 0 Å². The van der Waals surface area contributed by atoms with E-state index in [2.05, 4.69) is 330 Å². The molecular weight excluding hydrogens is 1350 g/mol. The van der Waals surface area contributed by atoms with Crippen LogP contribution in [0.25, 0.3) is 212 Å². The van der Waals surface area contributed by atoms with Gasteiger partial charge in [-0.15, -0.1) is 45.3 Å². The second-order valence-electron chi connectivity index (χ2n) is 30.5. The van der Waals surface area contributed by atoms with E-state index in [1.54, 1.807) is 0 Å². The largest absolute Gasteiger partial charge is 0.135 e. The van der Waals surface area contributed by atoms with Crippen molar-refractivity contribution in [2.45, 2.75) is 38.0 Å². The van der Waals surface area contributed by atoms with Crippen molar-refractivity contribution in [3.05, 3.63) is 337 Å². The maximum absolute atomic E-state index is 2.59. The Hall–Kier alpha value is -11.6. The molecule has 0 amide bonds. The van der Waals surface area contributed by atoms with Crippen molar-refractivity contribution in [2.75, 3.05) is 0 Å². The van der Waals surface area contributed by atoms with Crippen molar-refractivity contribution in [3.63, 3.8) is 0 Å². The number of hydrogen-bond donors (Lipinski definition) is 0. The fourth-order valence-electron chi connectivity index (χ4n) is 20.1. The molecule has 106 heavy (non-hydrogen) atoms. The van der Waals surface area contributed by atoms with Crippen molar-refractivity contribution in [1.29, 1.82) is 0 Å². The van der Waals surface area contributed by atoms with Gasteiger partial charge >= 0.3 is 0 Å². The minimum absolute atomic E-state index is 0.0549. The molecule has 0 N–H and O–H groups in total. The van der Waals surface area contributed by atoms with Crippen LogP contribution in [0.4, 0.5) is 0 Å². The maximum atomic E-state index is 2.59. The van der Waals surface area contributed by atoms with Gasteiger partial charge in [-0.25, -0.2) is 0 Å². The van der Waals surface area contributed by atoms with Gasteiger partial charge in [0.05, 0.1) is 0 Å². The lowest BCUT2D eigenvalue weighted by Gasteiger charge is -2.28. The first-order chi connectivity index (χ1) is 52.2. The van der Waals surface area contributed by atoms with Crippen LogP contribution in [-0.4, -0.2) is 0 Å². The zero-order chi connectivity index (χ0) is 69.6. The smallest absolute Gasteiger partial charge is 0.0440 e. The van der Waals surface area contributed by atoms with Crippen LogP contribution in [0.3, 0.4) is 0 Å². The summed E-state index contributed by atoms with van der Waals surface area (Å²) in [6.45, 7) is 7.29. The Morgan fingerprint density at radius 1 is 0.226 bits per heavy atom. The third-order valence-electron chi connectivity index (χ3n) is 24.7. The SMILES string of the molecule is CC1(C)c2ccccc2-c2cc(-c3c4ccccc4c(-c4ccc5c(c4)sc4ccc6cc(CC7(C)c8ccccc8-c8c(-c9c%10ccccc%10c(-c%10ccc%11c(c%10)sc%10ccc%12ccc%13c%14ccccc%14sc%13c%12c%10%11)c%10ccccc9%10)cccc87)c7sc8ccccc8c7c6c45)c4ccccc34)ccc21. The van der Waals surface area contributed by atoms with Crippen molar-refractivity contribution in [3.8, 4) is 66.8 Å². The normalized spacial score (nSPS) is 14.7. The lowest BCUT2D eigenvalue weighted by atomic mass is 9.74. The van der Waals surface area contributed by atoms with Crippen LogP contribution in [0.1, 0.15) is 48.6 Å². The van der Waals surface area contributed by atoms with E-state index in [9.17, 15) is 0 Å². The van der Waals surface area contributed by atoms with Gasteiger partial charge in [0.1, 0.15) is 0 Å². The molecule has 0 radical (unpaired) electrons. The van der Waals surface area contributed by atoms with E-state index in [-0.39, 0.29) is 10.8 Å². The van der Waals surface area contributed by atoms with E-state index in [0.717, 1.165) is 6.42 Å². The van der Waals surface area contributed by atoms with Crippen LogP contribution >= 0.6 is 45.3 Å². The molecular formula is C102H62S4. The Morgan fingerprint density at radius 2 is 0.660 bits per heavy atom. The predicted molar refractivity (Wildman–Crippen MR) is 464 cm³/mol. The highest BCUT2D eigenvalue weighted by molar-refractivity contribution is 7.28. The summed E-state index contributed by atoms with van der Waals surface area (Å²) in [6.07, 6.45) is 0.843. The second kappa shape index (κ2) is 21.8. The highest BCUT2D eigenvalue weighted by atomic mass is 32.1. The van der Waals surface area contributed by atoms with E-state index in [4.69, 9.17) is 0 Å². The molecule has 4 heterocycles. The Balaban J connectivity index is 0.646. The first-order valence-corrected chi connectivity index (χ1v) is 40.2. The molecule has 2 aliphatic rings. The highest BCUT2D eigenvalue weighted by Crippen LogP contribution is 2.59. The van der Waals surface area contributed by atoms with Crippen LogP contribution < -0.4 is 0 Å². The number of thiophene rings is 4. The summed E-state index contributed by atoms with van der Waals surface area (Å²) >= 11 is 7.77. The molecule has 0 saturated carbocycles. The molecule has 0 fully saturated rings. The zero-order valence-corrected chi connectivity index (χ0v) is 61.6. The van der Waals surface area contributed by atoms with E-state index < -0.39 is 0 Å². The van der Waals surface area contributed by atoms with Gasteiger partial charge in [0.25, 0.3) is 0 Å². The Morgan fingerprint density at radius 3 is 1.28 bits per heavy atom. The number of rotatable bonds is 6. The predicted octanol–water partition coefficient (Wildman–Crippen LogP) is 30.6. The Bertz CT molecular complexity index is 7620. The molecule has 0 saturated heterocycles. The molecule has 1 unspecified atom stereocenters. The zero-order valence-electron chi connectivity index (χ0n) is 58.3. The summed E-state index contributed by atoms with van der Waals surface area (Å²) in [4.78, 5) is 0. The topological polar surface area (TPSA) is 0 Å². The Labute approximate surface area is 627 Å². The van der Waals surface area contributed by atoms with Gasteiger partial charge in [-0.2, -0.15) is 0 Å². The first kappa shape index (κ1) is 59.7. The molecule has 0 spiro atoms. The monoisotopic (exact) mass is 1410 g/mol. The fourth-order valence-corrected chi connectivity index (χ4v) is 24.9. The second-order valence-corrected chi connectivity index (χ2v) is 34.7. The number of hydrogen-bond acceptors (Lipinski definition) is 4. The molecule has 24 rings (SSSR count). The molecule has 2 aliphatic carbocycles. The summed E-state index contributed by atoms with van der Waals surface area (Å²) in [7, 11) is 0. The van der Waals surface area contributed by atoms with Gasteiger partial charge in [-0.1, -0.05) is 282 Å². The van der Waals surface area contributed by atoms with E-state index in [0.29, 0.717) is 0 Å². The maximum Gasteiger partial charge on any atom is 0.0440 e. The van der Waals surface area contributed by atoms with E-state index in [1.165, 1.54) is 240 Å². The van der Waals surface area contributed by atoms with Crippen molar-refractivity contribution < 1.29 is 0 Å². The van der Waals surface area contributed by atoms with Crippen LogP contribution in [0.5, 0.6) is 0 Å². The molecule has 4 aromatic heterocycles. The van der Waals surface area contributed by atoms with Gasteiger partial charge in [0, 0.05) is 102 Å². The summed E-state index contributed by atoms with van der Waals surface area (Å²) < 4.78 is 10.7. The molecule has 0 aliphatic heterocycles. The summed E-state index contributed by atoms with van der Waals surface area (Å²) in [5, 5.41) is 26.3. The van der Waals surface area contributed by atoms with E-state index >= 15 is 0 Å². The lowest BCUT2D eigenvalue weighted by Crippen LogP contribution is -2.24. The molecule has 0 nitrogen and oxygen atoms in total. The molecule has 4 heteroatoms. The molecule has 494 valence electrons. The third-order valence-corrected chi connectivity index (χ3v) is 29.4. The van der Waals surface area contributed by atoms with Gasteiger partial charge in [-0.3, -0.25) is 0 Å². The quantitative estimate of drug-likeness (QED) is 0.146. The standard InChI is InChI=1S/C102H62S4/c1-101(2)79-34-16-12-21-62(79)78-52-58(42-48-80(78)101)89-64-23-4-6-25-66(64)90(67-26-7-5-24-65(67)89)59-40-46-75-87(53-59)103-85-50-44-57-51-61(99-98(92(57)96(75)85)74-32-15-19-38-84(74)105-99)55-102(3)81-35-17-13-31-73(81)95-77(33-20-36-82(95)102)94-70-29-10-8-27-68(70)91(69-28-9-11-30-71(69)94)60-41-47-76-88(54-60)104-86-49-43-56-39-45-72-63-22-14-18-37-83(63)106-100(72)93(56)97(76)86/h4-54H,55H2,1-3H3. The van der Waals surface area contributed by atoms with Gasteiger partial charge < -0.3 is 0 Å². The van der Waals surface area contributed by atoms with Crippen molar-refractivity contribution in [2.24, 2.45) is 0 Å². The number of benzene rings is 18. The summed E-state index contributed by atoms with van der Waals surface area (Å²) in [5.74, 6) is 0. The molecule has 22 aromatic rings. The average Bonchev–Trinajstić information content (AvgIpc) is 1.48. The minimum atomic E-state index is -0.356. The minimum Gasteiger partial charge on any atom is -0.135 e. The summed E-state index contributed by atoms with van der Waals surface area (Å²) in [5.41, 5.74) is 22.1. The molecule has 1 atom stereocenters. The molecule has 0 bridgehead atoms. The van der Waals surface area contributed by atoms with Crippen LogP contribution in [-0.2, 0) is 17.3 Å². The van der Waals surface area contributed by atoms with Crippen LogP contribution in [0.15, 0.2) is 309 Å². The van der Waals surface area contributed by atoms with Gasteiger partial charge in [-0.05, 0) is 203 Å². The third kappa shape index (κ3) is 8.06. The fraction of sp³-hybridized carbons (Fsp3) is 0.0588. The average molecular weight is 1420 g/mol. The molecule has 18 aromatic carbocycles. The van der Waals surface area contributed by atoms with Gasteiger partial charge in [0.2, 0.25) is 0 Å². The summed E-state index contributed by atoms with van der Waals surface area (Å²) in [6, 6.07) is 119. The highest BCUT2D eigenvalue weighted by Gasteiger charge is 2.42. The number of fused-ring (bicyclic) bond motifs is 28. The van der Waals surface area contributed by atoms with Gasteiger partial charge in [0.15, 0.2) is 0 Å². The first-order valence-electron chi connectivity index (χ1n) is 37.0. The lowest BCUT2D eigenvalue weighted by molar-refractivity contribution is 0.586. The van der Waals surface area contributed by atoms with Crippen molar-refractivity contribution >= 4 is 191 Å². The van der Waals surface area contributed by atoms with E-state index in [1.807, 2.05) is 45.3 Å². The van der Waals surface area contributed by atoms with Crippen LogP contribution in [0, 0.1) is 0 Å². The van der Waals surface area contributed by atoms with Crippen molar-refractivity contribution in [1.82, 2.24) is 0 Å².